The zero-order chi connectivity index (χ0) is 8.91. The van der Waals surface area contributed by atoms with Crippen molar-refractivity contribution in [2.75, 3.05) is 27.2 Å². The molecular weight excluding hydrogens is 168 g/mol. The number of rotatable bonds is 5. The highest BCUT2D eigenvalue weighted by Gasteiger charge is 2.10. The summed E-state index contributed by atoms with van der Waals surface area (Å²) >= 11 is 0. The Labute approximate surface area is 67.2 Å². The van der Waals surface area contributed by atoms with E-state index in [4.69, 9.17) is 5.11 Å². The van der Waals surface area contributed by atoms with Crippen LogP contribution in [0.15, 0.2) is 0 Å². The van der Waals surface area contributed by atoms with Crippen LogP contribution in [0.4, 0.5) is 0 Å². The fourth-order valence-electron chi connectivity index (χ4n) is 0.409. The summed E-state index contributed by atoms with van der Waals surface area (Å²) in [6, 6.07) is 0. The van der Waals surface area contributed by atoms with Gasteiger partial charge in [0.2, 0.25) is 0 Å². The first-order chi connectivity index (χ1) is 5.00. The zero-order valence-corrected chi connectivity index (χ0v) is 7.56. The molecule has 0 aromatic heterocycles. The first-order valence-electron chi connectivity index (χ1n) is 3.28. The van der Waals surface area contributed by atoms with Crippen molar-refractivity contribution in [3.63, 3.8) is 0 Å². The molecule has 0 unspecified atom stereocenters. The Kier molecular flexibility index (Phi) is 4.58. The lowest BCUT2D eigenvalue weighted by molar-refractivity contribution is 0.289. The summed E-state index contributed by atoms with van der Waals surface area (Å²) in [5.41, 5.74) is 0. The largest absolute Gasteiger partial charge is 0.396 e. The molecule has 5 nitrogen and oxygen atoms in total. The molecule has 68 valence electrons. The lowest BCUT2D eigenvalue weighted by Crippen LogP contribution is -2.36. The van der Waals surface area contributed by atoms with Crippen molar-refractivity contribution in [2.45, 2.75) is 6.42 Å². The minimum absolute atomic E-state index is 0.00402. The fourth-order valence-corrected chi connectivity index (χ4v) is 1.07. The number of aliphatic hydroxyl groups excluding tert-OH is 1. The molecule has 11 heavy (non-hydrogen) atoms. The highest BCUT2D eigenvalue weighted by atomic mass is 32.2. The number of hydrogen-bond donors (Lipinski definition) is 2. The monoisotopic (exact) mass is 182 g/mol. The Morgan fingerprint density at radius 3 is 2.36 bits per heavy atom. The van der Waals surface area contributed by atoms with Gasteiger partial charge in [0.1, 0.15) is 0 Å². The summed E-state index contributed by atoms with van der Waals surface area (Å²) in [6.45, 7) is 0.271. The molecule has 0 atom stereocenters. The summed E-state index contributed by atoms with van der Waals surface area (Å²) in [7, 11) is -0.407. The predicted octanol–water partition coefficient (Wildman–Crippen LogP) is -1.24. The topological polar surface area (TPSA) is 69.6 Å². The molecule has 0 aromatic rings. The Bertz CT molecular complexity index is 188. The molecule has 2 N–H and O–H groups in total. The molecule has 0 spiro atoms. The average Bonchev–Trinajstić information content (AvgIpc) is 1.88. The van der Waals surface area contributed by atoms with E-state index in [1.807, 2.05) is 0 Å². The van der Waals surface area contributed by atoms with Gasteiger partial charge < -0.3 is 5.11 Å². The van der Waals surface area contributed by atoms with Crippen molar-refractivity contribution < 1.29 is 13.5 Å². The Morgan fingerprint density at radius 2 is 2.00 bits per heavy atom. The molecule has 0 rings (SSSR count). The Morgan fingerprint density at radius 1 is 1.45 bits per heavy atom. The number of hydrogen-bond acceptors (Lipinski definition) is 3. The van der Waals surface area contributed by atoms with Gasteiger partial charge in [-0.2, -0.15) is 12.7 Å². The molecule has 0 heterocycles. The standard InChI is InChI=1S/C5H14N2O3S/c1-7(2)11(9,10)6-4-3-5-8/h6,8H,3-5H2,1-2H3. The Hall–Kier alpha value is -0.170. The quantitative estimate of drug-likeness (QED) is 0.523. The van der Waals surface area contributed by atoms with Crippen molar-refractivity contribution in [3.8, 4) is 0 Å². The average molecular weight is 182 g/mol. The van der Waals surface area contributed by atoms with Gasteiger partial charge in [-0.25, -0.2) is 4.72 Å². The molecule has 0 saturated carbocycles. The highest BCUT2D eigenvalue weighted by molar-refractivity contribution is 7.87. The summed E-state index contributed by atoms with van der Waals surface area (Å²) in [5.74, 6) is 0. The first-order valence-corrected chi connectivity index (χ1v) is 4.72. The molecule has 0 radical (unpaired) electrons. The minimum atomic E-state index is -3.30. The normalized spacial score (nSPS) is 12.4. The minimum Gasteiger partial charge on any atom is -0.396 e. The maximum absolute atomic E-state index is 10.9. The van der Waals surface area contributed by atoms with E-state index in [-0.39, 0.29) is 13.2 Å². The predicted molar refractivity (Wildman–Crippen MR) is 42.3 cm³/mol. The van der Waals surface area contributed by atoms with E-state index in [9.17, 15) is 8.42 Å². The molecule has 0 aliphatic rings. The van der Waals surface area contributed by atoms with Gasteiger partial charge in [0.05, 0.1) is 0 Å². The van der Waals surface area contributed by atoms with E-state index >= 15 is 0 Å². The number of nitrogens with zero attached hydrogens (tertiary/aromatic N) is 1. The number of aliphatic hydroxyl groups is 1. The van der Waals surface area contributed by atoms with Gasteiger partial charge in [-0.15, -0.1) is 0 Å². The van der Waals surface area contributed by atoms with Crippen LogP contribution in [0.5, 0.6) is 0 Å². The maximum Gasteiger partial charge on any atom is 0.278 e. The van der Waals surface area contributed by atoms with Crippen LogP contribution in [0.2, 0.25) is 0 Å². The summed E-state index contributed by atoms with van der Waals surface area (Å²) in [6.07, 6.45) is 0.438. The fraction of sp³-hybridized carbons (Fsp3) is 1.00. The zero-order valence-electron chi connectivity index (χ0n) is 6.74. The van der Waals surface area contributed by atoms with Gasteiger partial charge >= 0.3 is 0 Å². The second-order valence-electron chi connectivity index (χ2n) is 2.26. The van der Waals surface area contributed by atoms with Crippen LogP contribution in [0.3, 0.4) is 0 Å². The maximum atomic E-state index is 10.9. The third-order valence-electron chi connectivity index (χ3n) is 1.10. The molecule has 0 aliphatic heterocycles. The van der Waals surface area contributed by atoms with Crippen LogP contribution in [0.25, 0.3) is 0 Å². The third-order valence-corrected chi connectivity index (χ3v) is 2.63. The van der Waals surface area contributed by atoms with Gasteiger partial charge in [-0.05, 0) is 6.42 Å². The van der Waals surface area contributed by atoms with Crippen molar-refractivity contribution in [2.24, 2.45) is 0 Å². The first kappa shape index (κ1) is 10.8. The SMILES string of the molecule is CN(C)S(=O)(=O)NCCCO. The molecular formula is C5H14N2O3S. The molecule has 0 bridgehead atoms. The van der Waals surface area contributed by atoms with Crippen molar-refractivity contribution in [3.05, 3.63) is 0 Å². The van der Waals surface area contributed by atoms with Crippen LogP contribution in [0.1, 0.15) is 6.42 Å². The van der Waals surface area contributed by atoms with Gasteiger partial charge in [-0.3, -0.25) is 0 Å². The van der Waals surface area contributed by atoms with Crippen molar-refractivity contribution >= 4 is 10.2 Å². The lowest BCUT2D eigenvalue weighted by atomic mass is 10.5. The Balaban J connectivity index is 3.75. The summed E-state index contributed by atoms with van der Waals surface area (Å²) < 4.78 is 25.3. The molecule has 0 saturated heterocycles. The summed E-state index contributed by atoms with van der Waals surface area (Å²) in [4.78, 5) is 0. The van der Waals surface area contributed by atoms with Crippen molar-refractivity contribution in [1.82, 2.24) is 9.03 Å². The van der Waals surface area contributed by atoms with Crippen LogP contribution in [-0.4, -0.2) is 45.1 Å². The highest BCUT2D eigenvalue weighted by Crippen LogP contribution is 1.87. The lowest BCUT2D eigenvalue weighted by Gasteiger charge is -2.11. The van der Waals surface area contributed by atoms with Gasteiger partial charge in [0.25, 0.3) is 10.2 Å². The molecule has 0 aromatic carbocycles. The van der Waals surface area contributed by atoms with Gasteiger partial charge in [0.15, 0.2) is 0 Å². The van der Waals surface area contributed by atoms with E-state index in [0.717, 1.165) is 4.31 Å². The summed E-state index contributed by atoms with van der Waals surface area (Å²) in [5, 5.41) is 8.35. The molecule has 0 amide bonds. The van der Waals surface area contributed by atoms with E-state index < -0.39 is 10.2 Å². The number of nitrogens with one attached hydrogen (secondary N) is 1. The molecule has 6 heteroatoms. The van der Waals surface area contributed by atoms with Crippen molar-refractivity contribution in [1.29, 1.82) is 0 Å². The molecule has 0 aliphatic carbocycles. The molecule has 0 fully saturated rings. The van der Waals surface area contributed by atoms with E-state index in [1.54, 1.807) is 0 Å². The smallest absolute Gasteiger partial charge is 0.278 e. The van der Waals surface area contributed by atoms with E-state index in [2.05, 4.69) is 4.72 Å². The van der Waals surface area contributed by atoms with Crippen LogP contribution in [-0.2, 0) is 10.2 Å². The third kappa shape index (κ3) is 4.31. The van der Waals surface area contributed by atoms with Crippen LogP contribution in [0, 0.1) is 0 Å². The van der Waals surface area contributed by atoms with E-state index in [0.29, 0.717) is 6.42 Å². The second kappa shape index (κ2) is 4.66. The van der Waals surface area contributed by atoms with E-state index in [1.165, 1.54) is 14.1 Å². The van der Waals surface area contributed by atoms with Gasteiger partial charge in [0, 0.05) is 27.2 Å². The van der Waals surface area contributed by atoms with Crippen LogP contribution >= 0.6 is 0 Å². The van der Waals surface area contributed by atoms with Gasteiger partial charge in [-0.1, -0.05) is 0 Å². The van der Waals surface area contributed by atoms with Crippen LogP contribution < -0.4 is 4.72 Å². The second-order valence-corrected chi connectivity index (χ2v) is 4.23.